The van der Waals surface area contributed by atoms with Crippen LogP contribution < -0.4 is 17.2 Å². The average molecular weight is 273 g/mol. The fourth-order valence-corrected chi connectivity index (χ4v) is 1.44. The Kier molecular flexibility index (Phi) is 4.30. The minimum absolute atomic E-state index is 0.0471. The Morgan fingerprint density at radius 2 is 1.76 bits per heavy atom. The molecular weight excluding hydrogens is 263 g/mol. The van der Waals surface area contributed by atoms with Gasteiger partial charge in [0, 0.05) is 5.56 Å². The Morgan fingerprint density at radius 1 is 1.12 bits per heavy atom. The van der Waals surface area contributed by atoms with Crippen LogP contribution in [0, 0.1) is 5.41 Å². The minimum Gasteiger partial charge on any atom is -0.382 e. The first-order valence-corrected chi connectivity index (χ1v) is 5.14. The first-order chi connectivity index (χ1) is 7.93. The average Bonchev–Trinajstić information content (AvgIpc) is 2.23. The molecule has 0 bridgehead atoms. The lowest BCUT2D eigenvalue weighted by molar-refractivity contribution is 1.20. The van der Waals surface area contributed by atoms with Crippen molar-refractivity contribution >= 4 is 40.7 Å². The Morgan fingerprint density at radius 3 is 2.29 bits per heavy atom. The van der Waals surface area contributed by atoms with E-state index in [0.717, 1.165) is 0 Å². The molecule has 0 saturated heterocycles. The molecule has 0 saturated carbocycles. The van der Waals surface area contributed by atoms with E-state index in [9.17, 15) is 0 Å². The fourth-order valence-electron chi connectivity index (χ4n) is 1.05. The van der Waals surface area contributed by atoms with Crippen molar-refractivity contribution in [1.29, 1.82) is 5.41 Å². The third-order valence-corrected chi connectivity index (χ3v) is 2.55. The van der Waals surface area contributed by atoms with Gasteiger partial charge < -0.3 is 17.2 Å². The Hall–Kier alpha value is -1.79. The lowest BCUT2D eigenvalue weighted by Gasteiger charge is -2.06. The molecule has 0 heterocycles. The standard InChI is InChI=1S/C9H10Cl2N6/c10-5-3-1-2-4(6(5)11)7(8(12)13)16-17-9(14)15/h1-3H,(H3,12,13)(H4,14,15,17)/b16-7-. The number of guanidine groups is 1. The van der Waals surface area contributed by atoms with E-state index in [1.54, 1.807) is 18.2 Å². The molecular formula is C9H10Cl2N6. The maximum Gasteiger partial charge on any atom is 0.211 e. The molecule has 0 fully saturated rings. The van der Waals surface area contributed by atoms with Crippen molar-refractivity contribution in [3.8, 4) is 0 Å². The second kappa shape index (κ2) is 5.51. The van der Waals surface area contributed by atoms with Crippen molar-refractivity contribution in [2.75, 3.05) is 0 Å². The number of nitrogens with two attached hydrogens (primary N) is 3. The van der Waals surface area contributed by atoms with Gasteiger partial charge in [0.1, 0.15) is 11.5 Å². The van der Waals surface area contributed by atoms with Crippen molar-refractivity contribution in [3.63, 3.8) is 0 Å². The molecule has 0 aliphatic heterocycles. The van der Waals surface area contributed by atoms with Crippen molar-refractivity contribution in [2.45, 2.75) is 0 Å². The molecule has 1 aromatic rings. The molecule has 0 aliphatic carbocycles. The molecule has 0 radical (unpaired) electrons. The van der Waals surface area contributed by atoms with Gasteiger partial charge in [-0.2, -0.15) is 0 Å². The maximum atomic E-state index is 7.39. The third kappa shape index (κ3) is 3.33. The van der Waals surface area contributed by atoms with Crippen molar-refractivity contribution in [3.05, 3.63) is 33.8 Å². The van der Waals surface area contributed by atoms with E-state index in [1.165, 1.54) is 0 Å². The molecule has 8 heteroatoms. The molecule has 0 unspecified atom stereocenters. The van der Waals surface area contributed by atoms with Crippen molar-refractivity contribution in [1.82, 2.24) is 0 Å². The Balaban J connectivity index is 3.34. The van der Waals surface area contributed by atoms with Crippen LogP contribution in [0.5, 0.6) is 0 Å². The maximum absolute atomic E-state index is 7.39. The number of amidine groups is 1. The number of halogens is 2. The van der Waals surface area contributed by atoms with E-state index in [-0.39, 0.29) is 22.5 Å². The second-order valence-electron chi connectivity index (χ2n) is 2.99. The third-order valence-electron chi connectivity index (χ3n) is 1.73. The summed E-state index contributed by atoms with van der Waals surface area (Å²) in [5, 5.41) is 15.0. The first-order valence-electron chi connectivity index (χ1n) is 4.39. The van der Waals surface area contributed by atoms with E-state index in [4.69, 9.17) is 45.8 Å². The molecule has 1 rings (SSSR count). The highest BCUT2D eigenvalue weighted by atomic mass is 35.5. The monoisotopic (exact) mass is 272 g/mol. The second-order valence-corrected chi connectivity index (χ2v) is 3.77. The van der Waals surface area contributed by atoms with Gasteiger partial charge >= 0.3 is 0 Å². The molecule has 7 N–H and O–H groups in total. The molecule has 0 atom stereocenters. The van der Waals surface area contributed by atoms with Crippen LogP contribution in [0.3, 0.4) is 0 Å². The number of benzene rings is 1. The number of hydrogen-bond acceptors (Lipinski definition) is 3. The van der Waals surface area contributed by atoms with E-state index in [2.05, 4.69) is 10.2 Å². The van der Waals surface area contributed by atoms with Gasteiger partial charge in [0.05, 0.1) is 10.0 Å². The zero-order chi connectivity index (χ0) is 13.0. The summed E-state index contributed by atoms with van der Waals surface area (Å²) in [5.41, 5.74) is 16.1. The van der Waals surface area contributed by atoms with Gasteiger partial charge in [-0.05, 0) is 6.07 Å². The normalized spacial score (nSPS) is 11.1. The quantitative estimate of drug-likeness (QED) is 0.371. The topological polar surface area (TPSA) is 127 Å². The molecule has 90 valence electrons. The largest absolute Gasteiger partial charge is 0.382 e. The highest BCUT2D eigenvalue weighted by Crippen LogP contribution is 2.26. The minimum atomic E-state index is -0.320. The van der Waals surface area contributed by atoms with Crippen molar-refractivity contribution < 1.29 is 0 Å². The highest BCUT2D eigenvalue weighted by Gasteiger charge is 2.13. The van der Waals surface area contributed by atoms with E-state index < -0.39 is 0 Å². The van der Waals surface area contributed by atoms with Gasteiger partial charge in [0.25, 0.3) is 0 Å². The summed E-state index contributed by atoms with van der Waals surface area (Å²) >= 11 is 11.8. The molecule has 0 spiro atoms. The summed E-state index contributed by atoms with van der Waals surface area (Å²) in [5.74, 6) is -0.568. The summed E-state index contributed by atoms with van der Waals surface area (Å²) in [7, 11) is 0. The number of nitrogens with one attached hydrogen (secondary N) is 1. The SMILES string of the molecule is N=C(N)/C(=N\N=C(N)N)c1cccc(Cl)c1Cl. The first kappa shape index (κ1) is 13.3. The number of hydrogen-bond donors (Lipinski definition) is 4. The summed E-state index contributed by atoms with van der Waals surface area (Å²) in [6.45, 7) is 0. The Labute approximate surface area is 108 Å². The van der Waals surface area contributed by atoms with Crippen LogP contribution in [-0.4, -0.2) is 17.5 Å². The zero-order valence-corrected chi connectivity index (χ0v) is 10.1. The van der Waals surface area contributed by atoms with Crippen molar-refractivity contribution in [2.24, 2.45) is 27.4 Å². The summed E-state index contributed by atoms with van der Waals surface area (Å²) in [4.78, 5) is 0. The Bertz CT molecular complexity index is 504. The van der Waals surface area contributed by atoms with Gasteiger partial charge in [-0.3, -0.25) is 5.41 Å². The molecule has 17 heavy (non-hydrogen) atoms. The van der Waals surface area contributed by atoms with Crippen LogP contribution in [0.2, 0.25) is 10.0 Å². The van der Waals surface area contributed by atoms with Gasteiger partial charge in [-0.1, -0.05) is 35.3 Å². The highest BCUT2D eigenvalue weighted by molar-refractivity contribution is 6.51. The molecule has 0 aliphatic rings. The lowest BCUT2D eigenvalue weighted by Crippen LogP contribution is -2.25. The lowest BCUT2D eigenvalue weighted by atomic mass is 10.1. The molecule has 6 nitrogen and oxygen atoms in total. The van der Waals surface area contributed by atoms with E-state index in [1.807, 2.05) is 0 Å². The fraction of sp³-hybridized carbons (Fsp3) is 0. The number of rotatable bonds is 3. The smallest absolute Gasteiger partial charge is 0.211 e. The van der Waals surface area contributed by atoms with Crippen LogP contribution in [0.15, 0.2) is 28.4 Å². The zero-order valence-electron chi connectivity index (χ0n) is 8.61. The summed E-state index contributed by atoms with van der Waals surface area (Å²) < 4.78 is 0. The van der Waals surface area contributed by atoms with Gasteiger partial charge in [0.2, 0.25) is 5.96 Å². The molecule has 0 amide bonds. The summed E-state index contributed by atoms with van der Waals surface area (Å²) in [6.07, 6.45) is 0. The van der Waals surface area contributed by atoms with Crippen LogP contribution in [-0.2, 0) is 0 Å². The van der Waals surface area contributed by atoms with Crippen LogP contribution in [0.25, 0.3) is 0 Å². The van der Waals surface area contributed by atoms with Gasteiger partial charge in [-0.25, -0.2) is 0 Å². The van der Waals surface area contributed by atoms with Gasteiger partial charge in [-0.15, -0.1) is 10.2 Å². The van der Waals surface area contributed by atoms with E-state index >= 15 is 0 Å². The summed E-state index contributed by atoms with van der Waals surface area (Å²) in [6, 6.07) is 4.86. The van der Waals surface area contributed by atoms with Gasteiger partial charge in [0.15, 0.2) is 0 Å². The van der Waals surface area contributed by atoms with Crippen LogP contribution in [0.1, 0.15) is 5.56 Å². The van der Waals surface area contributed by atoms with Crippen LogP contribution >= 0.6 is 23.2 Å². The molecule has 1 aromatic carbocycles. The molecule has 0 aromatic heterocycles. The number of nitrogens with zero attached hydrogens (tertiary/aromatic N) is 2. The van der Waals surface area contributed by atoms with Crippen LogP contribution in [0.4, 0.5) is 0 Å². The van der Waals surface area contributed by atoms with E-state index in [0.29, 0.717) is 10.6 Å². The predicted octanol–water partition coefficient (Wildman–Crippen LogP) is 0.907. The predicted molar refractivity (Wildman–Crippen MR) is 70.7 cm³/mol.